The van der Waals surface area contributed by atoms with Crippen molar-refractivity contribution >= 4 is 23.2 Å². The first kappa shape index (κ1) is 19.9. The lowest BCUT2D eigenvalue weighted by Crippen LogP contribution is -2.40. The molecule has 1 aliphatic carbocycles. The summed E-state index contributed by atoms with van der Waals surface area (Å²) < 4.78 is 14.2. The van der Waals surface area contributed by atoms with Gasteiger partial charge in [0.2, 0.25) is 5.91 Å². The fourth-order valence-electron chi connectivity index (χ4n) is 4.12. The summed E-state index contributed by atoms with van der Waals surface area (Å²) in [4.78, 5) is 20.5. The van der Waals surface area contributed by atoms with Crippen molar-refractivity contribution < 1.29 is 14.0 Å². The van der Waals surface area contributed by atoms with E-state index >= 15 is 0 Å². The lowest BCUT2D eigenvalue weighted by Gasteiger charge is -2.27. The zero-order valence-corrected chi connectivity index (χ0v) is 16.9. The highest BCUT2D eigenvalue weighted by Gasteiger charge is 2.32. The maximum Gasteiger partial charge on any atom is 0.226 e. The SMILES string of the molecule is O=C(C1CCCC1)N(Cc1ccccc1F)C[C@@H]1CC(c2ccccc2Cl)=NO1. The van der Waals surface area contributed by atoms with Crippen molar-refractivity contribution in [3.05, 3.63) is 70.5 Å². The quantitative estimate of drug-likeness (QED) is 0.652. The number of hydrogen-bond donors (Lipinski definition) is 0. The molecular formula is C23H24ClFN2O2. The average molecular weight is 415 g/mol. The number of amides is 1. The minimum Gasteiger partial charge on any atom is -0.390 e. The third kappa shape index (κ3) is 4.61. The predicted octanol–water partition coefficient (Wildman–Crippen LogP) is 5.19. The summed E-state index contributed by atoms with van der Waals surface area (Å²) in [6.07, 6.45) is 4.25. The van der Waals surface area contributed by atoms with Gasteiger partial charge in [-0.25, -0.2) is 4.39 Å². The minimum absolute atomic E-state index is 0.0205. The molecule has 29 heavy (non-hydrogen) atoms. The third-order valence-electron chi connectivity index (χ3n) is 5.68. The van der Waals surface area contributed by atoms with Gasteiger partial charge in [-0.05, 0) is 25.0 Å². The Bertz CT molecular complexity index is 911. The smallest absolute Gasteiger partial charge is 0.226 e. The van der Waals surface area contributed by atoms with Gasteiger partial charge in [-0.3, -0.25) is 4.79 Å². The van der Waals surface area contributed by atoms with E-state index in [9.17, 15) is 9.18 Å². The molecule has 1 amide bonds. The Morgan fingerprint density at radius 2 is 1.86 bits per heavy atom. The van der Waals surface area contributed by atoms with Gasteiger partial charge in [-0.15, -0.1) is 0 Å². The molecule has 1 atom stereocenters. The van der Waals surface area contributed by atoms with Crippen LogP contribution < -0.4 is 0 Å². The zero-order chi connectivity index (χ0) is 20.2. The Hall–Kier alpha value is -2.40. The average Bonchev–Trinajstić information content (AvgIpc) is 3.41. The van der Waals surface area contributed by atoms with Gasteiger partial charge in [0.1, 0.15) is 5.82 Å². The summed E-state index contributed by atoms with van der Waals surface area (Å²) >= 11 is 6.28. The standard InChI is InChI=1S/C23H24ClFN2O2/c24-20-11-5-4-10-19(20)22-13-18(29-26-22)15-27(23(28)16-7-1-2-8-16)14-17-9-3-6-12-21(17)25/h3-6,9-12,16,18H,1-2,7-8,13-15H2/t18-/m0/s1. The maximum atomic E-state index is 14.2. The van der Waals surface area contributed by atoms with Crippen LogP contribution in [0.15, 0.2) is 53.7 Å². The van der Waals surface area contributed by atoms with Crippen molar-refractivity contribution in [3.63, 3.8) is 0 Å². The van der Waals surface area contributed by atoms with E-state index in [1.165, 1.54) is 6.07 Å². The van der Waals surface area contributed by atoms with Crippen LogP contribution in [0.25, 0.3) is 0 Å². The van der Waals surface area contributed by atoms with Gasteiger partial charge in [0.25, 0.3) is 0 Å². The Morgan fingerprint density at radius 1 is 1.14 bits per heavy atom. The first-order valence-corrected chi connectivity index (χ1v) is 10.5. The van der Waals surface area contributed by atoms with Crippen LogP contribution in [-0.4, -0.2) is 29.2 Å². The summed E-state index contributed by atoms with van der Waals surface area (Å²) in [5.41, 5.74) is 2.14. The van der Waals surface area contributed by atoms with Crippen molar-refractivity contribution in [2.45, 2.75) is 44.8 Å². The molecule has 4 nitrogen and oxygen atoms in total. The molecule has 0 saturated heterocycles. The monoisotopic (exact) mass is 414 g/mol. The fraction of sp³-hybridized carbons (Fsp3) is 0.391. The van der Waals surface area contributed by atoms with Crippen LogP contribution in [0.2, 0.25) is 5.02 Å². The first-order chi connectivity index (χ1) is 14.1. The van der Waals surface area contributed by atoms with Gasteiger partial charge in [0.05, 0.1) is 12.3 Å². The van der Waals surface area contributed by atoms with Gasteiger partial charge in [0.15, 0.2) is 6.10 Å². The summed E-state index contributed by atoms with van der Waals surface area (Å²) in [6, 6.07) is 14.1. The number of carbonyl (C=O) groups is 1. The number of carbonyl (C=O) groups excluding carboxylic acids is 1. The van der Waals surface area contributed by atoms with Crippen LogP contribution >= 0.6 is 11.6 Å². The molecule has 1 aliphatic heterocycles. The Kier molecular flexibility index (Phi) is 6.14. The van der Waals surface area contributed by atoms with Crippen molar-refractivity contribution in [2.75, 3.05) is 6.54 Å². The van der Waals surface area contributed by atoms with E-state index in [1.54, 1.807) is 23.1 Å². The van der Waals surface area contributed by atoms with E-state index in [-0.39, 0.29) is 30.3 Å². The second-order valence-corrected chi connectivity index (χ2v) is 8.15. The third-order valence-corrected chi connectivity index (χ3v) is 6.01. The van der Waals surface area contributed by atoms with Crippen molar-refractivity contribution in [1.29, 1.82) is 0 Å². The molecule has 0 aromatic heterocycles. The number of hydrogen-bond acceptors (Lipinski definition) is 3. The Balaban J connectivity index is 1.48. The molecule has 4 rings (SSSR count). The zero-order valence-electron chi connectivity index (χ0n) is 16.2. The molecule has 6 heteroatoms. The molecule has 1 heterocycles. The van der Waals surface area contributed by atoms with Crippen LogP contribution in [0.3, 0.4) is 0 Å². The van der Waals surface area contributed by atoms with Gasteiger partial charge >= 0.3 is 0 Å². The number of benzene rings is 2. The van der Waals surface area contributed by atoms with E-state index in [2.05, 4.69) is 5.16 Å². The molecule has 0 unspecified atom stereocenters. The molecule has 0 bridgehead atoms. The van der Waals surface area contributed by atoms with Gasteiger partial charge in [-0.1, -0.05) is 66.0 Å². The highest BCUT2D eigenvalue weighted by Crippen LogP contribution is 2.29. The summed E-state index contributed by atoms with van der Waals surface area (Å²) in [5, 5.41) is 4.83. The summed E-state index contributed by atoms with van der Waals surface area (Å²) in [5.74, 6) is -0.190. The molecule has 0 N–H and O–H groups in total. The van der Waals surface area contributed by atoms with Crippen LogP contribution in [0.4, 0.5) is 4.39 Å². The Labute approximate surface area is 175 Å². The predicted molar refractivity (Wildman–Crippen MR) is 111 cm³/mol. The molecule has 0 spiro atoms. The molecule has 2 aromatic carbocycles. The first-order valence-electron chi connectivity index (χ1n) is 10.1. The topological polar surface area (TPSA) is 41.9 Å². The summed E-state index contributed by atoms with van der Waals surface area (Å²) in [6.45, 7) is 0.615. The number of halogens is 2. The van der Waals surface area contributed by atoms with Crippen LogP contribution in [0, 0.1) is 11.7 Å². The second-order valence-electron chi connectivity index (χ2n) is 7.74. The number of rotatable bonds is 6. The van der Waals surface area contributed by atoms with Crippen LogP contribution in [0.1, 0.15) is 43.2 Å². The van der Waals surface area contributed by atoms with E-state index in [1.807, 2.05) is 24.3 Å². The Morgan fingerprint density at radius 3 is 2.62 bits per heavy atom. The highest BCUT2D eigenvalue weighted by atomic mass is 35.5. The van der Waals surface area contributed by atoms with E-state index in [4.69, 9.17) is 16.4 Å². The maximum absolute atomic E-state index is 14.2. The van der Waals surface area contributed by atoms with Crippen LogP contribution in [-0.2, 0) is 16.2 Å². The number of nitrogens with zero attached hydrogens (tertiary/aromatic N) is 2. The normalized spacial score (nSPS) is 19.1. The fourth-order valence-corrected chi connectivity index (χ4v) is 4.37. The van der Waals surface area contributed by atoms with Crippen molar-refractivity contribution in [2.24, 2.45) is 11.1 Å². The van der Waals surface area contributed by atoms with Gasteiger partial charge in [-0.2, -0.15) is 0 Å². The minimum atomic E-state index is -0.294. The molecule has 2 aromatic rings. The molecule has 2 aliphatic rings. The molecule has 152 valence electrons. The lowest BCUT2D eigenvalue weighted by atomic mass is 10.0. The molecule has 1 fully saturated rings. The number of oxime groups is 1. The molecule has 0 radical (unpaired) electrons. The van der Waals surface area contributed by atoms with Crippen molar-refractivity contribution in [1.82, 2.24) is 4.90 Å². The van der Waals surface area contributed by atoms with Gasteiger partial charge < -0.3 is 9.74 Å². The van der Waals surface area contributed by atoms with Gasteiger partial charge in [0, 0.05) is 35.0 Å². The largest absolute Gasteiger partial charge is 0.390 e. The second kappa shape index (κ2) is 8.95. The van der Waals surface area contributed by atoms with Crippen molar-refractivity contribution in [3.8, 4) is 0 Å². The molecular weight excluding hydrogens is 391 g/mol. The molecule has 1 saturated carbocycles. The summed E-state index contributed by atoms with van der Waals surface area (Å²) in [7, 11) is 0. The highest BCUT2D eigenvalue weighted by molar-refractivity contribution is 6.34. The van der Waals surface area contributed by atoms with E-state index in [0.717, 1.165) is 37.0 Å². The van der Waals surface area contributed by atoms with E-state index < -0.39 is 0 Å². The van der Waals surface area contributed by atoms with E-state index in [0.29, 0.717) is 23.6 Å². The lowest BCUT2D eigenvalue weighted by molar-refractivity contribution is -0.137. The van der Waals surface area contributed by atoms with Crippen LogP contribution in [0.5, 0.6) is 0 Å².